The van der Waals surface area contributed by atoms with Crippen molar-refractivity contribution < 1.29 is 9.84 Å². The largest absolute Gasteiger partial charge is 0.439 e. The summed E-state index contributed by atoms with van der Waals surface area (Å²) in [6.45, 7) is 4.25. The number of para-hydroxylation sites is 1. The van der Waals surface area contributed by atoms with E-state index in [0.717, 1.165) is 17.0 Å². The predicted molar refractivity (Wildman–Crippen MR) is 73.4 cm³/mol. The molecule has 0 bridgehead atoms. The number of aromatic nitrogens is 2. The summed E-state index contributed by atoms with van der Waals surface area (Å²) in [4.78, 5) is 8.33. The summed E-state index contributed by atoms with van der Waals surface area (Å²) in [6.07, 6.45) is 2.08. The smallest absolute Gasteiger partial charge is 0.222 e. The third-order valence-corrected chi connectivity index (χ3v) is 2.82. The molecule has 2 rings (SSSR count). The van der Waals surface area contributed by atoms with E-state index in [1.807, 2.05) is 30.3 Å². The molecule has 4 heteroatoms. The molecule has 0 saturated carbocycles. The van der Waals surface area contributed by atoms with Gasteiger partial charge in [-0.05, 0) is 24.0 Å². The topological polar surface area (TPSA) is 55.2 Å². The first-order valence-corrected chi connectivity index (χ1v) is 6.39. The molecule has 1 aromatic carbocycles. The van der Waals surface area contributed by atoms with Gasteiger partial charge in [0.05, 0.1) is 5.69 Å². The van der Waals surface area contributed by atoms with Gasteiger partial charge >= 0.3 is 0 Å². The molecule has 100 valence electrons. The highest BCUT2D eigenvalue weighted by Gasteiger charge is 2.07. The third kappa shape index (κ3) is 3.51. The standard InChI is InChI=1S/C15H18N2O2/c1-11(2)13-9-15(17-10-16-13)19-14-6-4-3-5-12(14)7-8-18/h3-6,9-11,18H,7-8H2,1-2H3. The van der Waals surface area contributed by atoms with Gasteiger partial charge in [0.1, 0.15) is 12.1 Å². The number of rotatable bonds is 5. The molecule has 0 aliphatic rings. The summed E-state index contributed by atoms with van der Waals surface area (Å²) in [7, 11) is 0. The first-order valence-electron chi connectivity index (χ1n) is 6.39. The third-order valence-electron chi connectivity index (χ3n) is 2.82. The van der Waals surface area contributed by atoms with Gasteiger partial charge in [0.2, 0.25) is 5.88 Å². The lowest BCUT2D eigenvalue weighted by Gasteiger charge is -2.11. The molecule has 1 heterocycles. The van der Waals surface area contributed by atoms with Crippen molar-refractivity contribution in [2.24, 2.45) is 0 Å². The van der Waals surface area contributed by atoms with E-state index in [-0.39, 0.29) is 6.61 Å². The van der Waals surface area contributed by atoms with Gasteiger partial charge in [-0.2, -0.15) is 0 Å². The van der Waals surface area contributed by atoms with Crippen LogP contribution in [0.25, 0.3) is 0 Å². The number of ether oxygens (including phenoxy) is 1. The Hall–Kier alpha value is -1.94. The predicted octanol–water partition coefficient (Wildman–Crippen LogP) is 2.93. The lowest BCUT2D eigenvalue weighted by atomic mass is 10.1. The van der Waals surface area contributed by atoms with Crippen molar-refractivity contribution in [3.05, 3.63) is 47.9 Å². The highest BCUT2D eigenvalue weighted by Crippen LogP contribution is 2.25. The minimum absolute atomic E-state index is 0.0986. The Kier molecular flexibility index (Phi) is 4.47. The minimum Gasteiger partial charge on any atom is -0.439 e. The van der Waals surface area contributed by atoms with Crippen molar-refractivity contribution in [2.75, 3.05) is 6.61 Å². The van der Waals surface area contributed by atoms with Crippen LogP contribution in [0.5, 0.6) is 11.6 Å². The van der Waals surface area contributed by atoms with Crippen molar-refractivity contribution in [1.82, 2.24) is 9.97 Å². The van der Waals surface area contributed by atoms with Crippen LogP contribution in [0.15, 0.2) is 36.7 Å². The second-order valence-corrected chi connectivity index (χ2v) is 4.62. The normalized spacial score (nSPS) is 10.7. The zero-order valence-corrected chi connectivity index (χ0v) is 11.2. The Labute approximate surface area is 113 Å². The van der Waals surface area contributed by atoms with Crippen LogP contribution in [-0.4, -0.2) is 21.7 Å². The number of nitrogens with zero attached hydrogens (tertiary/aromatic N) is 2. The molecule has 0 spiro atoms. The number of hydrogen-bond donors (Lipinski definition) is 1. The second-order valence-electron chi connectivity index (χ2n) is 4.62. The van der Waals surface area contributed by atoms with E-state index in [9.17, 15) is 0 Å². The first-order chi connectivity index (χ1) is 9.20. The SMILES string of the molecule is CC(C)c1cc(Oc2ccccc2CCO)ncn1. The van der Waals surface area contributed by atoms with Gasteiger partial charge in [0.15, 0.2) is 0 Å². The fourth-order valence-corrected chi connectivity index (χ4v) is 1.77. The van der Waals surface area contributed by atoms with Crippen LogP contribution in [-0.2, 0) is 6.42 Å². The van der Waals surface area contributed by atoms with Crippen molar-refractivity contribution in [2.45, 2.75) is 26.2 Å². The second kappa shape index (κ2) is 6.29. The average molecular weight is 258 g/mol. The molecule has 0 atom stereocenters. The maximum atomic E-state index is 9.05. The van der Waals surface area contributed by atoms with E-state index in [2.05, 4.69) is 23.8 Å². The van der Waals surface area contributed by atoms with Crippen molar-refractivity contribution in [3.63, 3.8) is 0 Å². The Morgan fingerprint density at radius 2 is 2.00 bits per heavy atom. The fourth-order valence-electron chi connectivity index (χ4n) is 1.77. The highest BCUT2D eigenvalue weighted by atomic mass is 16.5. The molecule has 0 unspecified atom stereocenters. The van der Waals surface area contributed by atoms with Gasteiger partial charge in [-0.1, -0.05) is 32.0 Å². The number of aliphatic hydroxyl groups excluding tert-OH is 1. The molecule has 0 amide bonds. The molecule has 2 aromatic rings. The fraction of sp³-hybridized carbons (Fsp3) is 0.333. The maximum Gasteiger partial charge on any atom is 0.222 e. The number of aliphatic hydroxyl groups is 1. The van der Waals surface area contributed by atoms with Gasteiger partial charge in [0, 0.05) is 12.7 Å². The molecule has 0 aliphatic carbocycles. The number of benzene rings is 1. The van der Waals surface area contributed by atoms with Crippen LogP contribution in [0.3, 0.4) is 0 Å². The van der Waals surface area contributed by atoms with E-state index in [1.54, 1.807) is 0 Å². The Bertz CT molecular complexity index is 541. The Balaban J connectivity index is 2.23. The van der Waals surface area contributed by atoms with Crippen LogP contribution in [0.2, 0.25) is 0 Å². The summed E-state index contributed by atoms with van der Waals surface area (Å²) in [5.74, 6) is 1.59. The monoisotopic (exact) mass is 258 g/mol. The van der Waals surface area contributed by atoms with Gasteiger partial charge in [-0.15, -0.1) is 0 Å². The zero-order valence-electron chi connectivity index (χ0n) is 11.2. The maximum absolute atomic E-state index is 9.05. The molecule has 0 saturated heterocycles. The van der Waals surface area contributed by atoms with Crippen molar-refractivity contribution >= 4 is 0 Å². The average Bonchev–Trinajstić information content (AvgIpc) is 2.41. The molecule has 19 heavy (non-hydrogen) atoms. The summed E-state index contributed by atoms with van der Waals surface area (Å²) < 4.78 is 5.79. The summed E-state index contributed by atoms with van der Waals surface area (Å²) in [5, 5.41) is 9.05. The van der Waals surface area contributed by atoms with Crippen molar-refractivity contribution in [1.29, 1.82) is 0 Å². The number of hydrogen-bond acceptors (Lipinski definition) is 4. The summed E-state index contributed by atoms with van der Waals surface area (Å²) >= 11 is 0. The van der Waals surface area contributed by atoms with Gasteiger partial charge in [0.25, 0.3) is 0 Å². The minimum atomic E-state index is 0.0986. The van der Waals surface area contributed by atoms with E-state index in [1.165, 1.54) is 6.33 Å². The molecule has 1 aromatic heterocycles. The van der Waals surface area contributed by atoms with Gasteiger partial charge in [-0.3, -0.25) is 0 Å². The Morgan fingerprint density at radius 1 is 1.21 bits per heavy atom. The van der Waals surface area contributed by atoms with E-state index >= 15 is 0 Å². The molecular formula is C15H18N2O2. The first kappa shape index (κ1) is 13.5. The van der Waals surface area contributed by atoms with E-state index in [0.29, 0.717) is 18.2 Å². The Morgan fingerprint density at radius 3 is 2.74 bits per heavy atom. The lowest BCUT2D eigenvalue weighted by Crippen LogP contribution is -1.98. The summed E-state index contributed by atoms with van der Waals surface area (Å²) in [6, 6.07) is 9.50. The molecular weight excluding hydrogens is 240 g/mol. The molecule has 1 N–H and O–H groups in total. The van der Waals surface area contributed by atoms with Gasteiger partial charge < -0.3 is 9.84 Å². The van der Waals surface area contributed by atoms with Crippen LogP contribution >= 0.6 is 0 Å². The highest BCUT2D eigenvalue weighted by molar-refractivity contribution is 5.36. The van der Waals surface area contributed by atoms with E-state index in [4.69, 9.17) is 9.84 Å². The van der Waals surface area contributed by atoms with Gasteiger partial charge in [-0.25, -0.2) is 9.97 Å². The zero-order chi connectivity index (χ0) is 13.7. The molecule has 0 fully saturated rings. The van der Waals surface area contributed by atoms with Crippen LogP contribution in [0.1, 0.15) is 31.0 Å². The van der Waals surface area contributed by atoms with Crippen LogP contribution in [0, 0.1) is 0 Å². The molecule has 0 radical (unpaired) electrons. The lowest BCUT2D eigenvalue weighted by molar-refractivity contribution is 0.297. The molecule has 0 aliphatic heterocycles. The quantitative estimate of drug-likeness (QED) is 0.896. The van der Waals surface area contributed by atoms with Crippen LogP contribution in [0.4, 0.5) is 0 Å². The van der Waals surface area contributed by atoms with Crippen molar-refractivity contribution in [3.8, 4) is 11.6 Å². The summed E-state index contributed by atoms with van der Waals surface area (Å²) in [5.41, 5.74) is 1.92. The molecule has 4 nitrogen and oxygen atoms in total. The van der Waals surface area contributed by atoms with Crippen LogP contribution < -0.4 is 4.74 Å². The van der Waals surface area contributed by atoms with E-state index < -0.39 is 0 Å².